The van der Waals surface area contributed by atoms with E-state index in [2.05, 4.69) is 35.1 Å². The third-order valence-electron chi connectivity index (χ3n) is 3.52. The minimum absolute atomic E-state index is 0.630. The van der Waals surface area contributed by atoms with Crippen LogP contribution in [0.1, 0.15) is 31.7 Å². The second-order valence-electron chi connectivity index (χ2n) is 4.83. The van der Waals surface area contributed by atoms with Crippen LogP contribution in [0.15, 0.2) is 18.3 Å². The maximum Gasteiger partial charge on any atom is 0.131 e. The Kier molecular flexibility index (Phi) is 4.37. The van der Waals surface area contributed by atoms with Gasteiger partial charge in [0.15, 0.2) is 0 Å². The zero-order valence-electron chi connectivity index (χ0n) is 10.9. The zero-order valence-corrected chi connectivity index (χ0v) is 10.9. The smallest absolute Gasteiger partial charge is 0.131 e. The van der Waals surface area contributed by atoms with E-state index in [1.54, 1.807) is 0 Å². The van der Waals surface area contributed by atoms with Gasteiger partial charge in [-0.3, -0.25) is 0 Å². The lowest BCUT2D eigenvalue weighted by Gasteiger charge is -2.31. The predicted octanol–water partition coefficient (Wildman–Crippen LogP) is 2.36. The Morgan fingerprint density at radius 2 is 2.35 bits per heavy atom. The van der Waals surface area contributed by atoms with Crippen molar-refractivity contribution in [2.45, 2.75) is 39.2 Å². The van der Waals surface area contributed by atoms with Crippen LogP contribution in [-0.4, -0.2) is 30.7 Å². The van der Waals surface area contributed by atoms with Gasteiger partial charge in [0.25, 0.3) is 0 Å². The van der Waals surface area contributed by atoms with Gasteiger partial charge in [-0.15, -0.1) is 0 Å². The summed E-state index contributed by atoms with van der Waals surface area (Å²) in [6, 6.07) is 4.77. The molecule has 0 spiro atoms. The van der Waals surface area contributed by atoms with Crippen molar-refractivity contribution in [3.63, 3.8) is 0 Å². The van der Waals surface area contributed by atoms with E-state index in [4.69, 9.17) is 0 Å². The minimum atomic E-state index is 0.630. The first-order valence-electron chi connectivity index (χ1n) is 6.71. The molecule has 2 heterocycles. The molecule has 1 aromatic rings. The highest BCUT2D eigenvalue weighted by molar-refractivity contribution is 5.45. The Bertz CT molecular complexity index is 345. The van der Waals surface area contributed by atoms with Crippen LogP contribution in [0.3, 0.4) is 0 Å². The summed E-state index contributed by atoms with van der Waals surface area (Å²) in [5.74, 6) is 1.14. The minimum Gasteiger partial charge on any atom is -0.355 e. The summed E-state index contributed by atoms with van der Waals surface area (Å²) >= 11 is 0. The number of rotatable bonds is 4. The number of nitrogens with zero attached hydrogens (tertiary/aromatic N) is 2. The number of aromatic nitrogens is 1. The maximum atomic E-state index is 4.51. The molecule has 0 aliphatic carbocycles. The molecule has 17 heavy (non-hydrogen) atoms. The summed E-state index contributed by atoms with van der Waals surface area (Å²) in [7, 11) is 0. The monoisotopic (exact) mass is 233 g/mol. The first-order valence-corrected chi connectivity index (χ1v) is 6.71. The summed E-state index contributed by atoms with van der Waals surface area (Å²) < 4.78 is 0. The predicted molar refractivity (Wildman–Crippen MR) is 72.5 cm³/mol. The van der Waals surface area contributed by atoms with Crippen molar-refractivity contribution < 1.29 is 0 Å². The lowest BCUT2D eigenvalue weighted by atomic mass is 10.0. The molecule has 3 heteroatoms. The normalized spacial score (nSPS) is 20.2. The first kappa shape index (κ1) is 12.4. The third-order valence-corrected chi connectivity index (χ3v) is 3.52. The van der Waals surface area contributed by atoms with Crippen LogP contribution >= 0.6 is 0 Å². The fraction of sp³-hybridized carbons (Fsp3) is 0.643. The van der Waals surface area contributed by atoms with Gasteiger partial charge in [-0.25, -0.2) is 4.98 Å². The summed E-state index contributed by atoms with van der Waals surface area (Å²) in [6.45, 7) is 7.62. The molecule has 1 aliphatic heterocycles. The quantitative estimate of drug-likeness (QED) is 0.865. The molecule has 1 aliphatic rings. The van der Waals surface area contributed by atoms with E-state index >= 15 is 0 Å². The van der Waals surface area contributed by atoms with Crippen molar-refractivity contribution in [2.75, 3.05) is 24.5 Å². The highest BCUT2D eigenvalue weighted by Gasteiger charge is 2.17. The average molecular weight is 233 g/mol. The Labute approximate surface area is 104 Å². The van der Waals surface area contributed by atoms with Gasteiger partial charge in [0.05, 0.1) is 0 Å². The highest BCUT2D eigenvalue weighted by Crippen LogP contribution is 2.17. The standard InChI is InChI=1S/C14H23N3/c1-3-17(11-13-8-4-5-9-15-13)14-12(2)7-6-10-16-14/h6-7,10,13,15H,3-5,8-9,11H2,1-2H3. The van der Waals surface area contributed by atoms with Gasteiger partial charge in [-0.05, 0) is 44.9 Å². The Morgan fingerprint density at radius 1 is 1.47 bits per heavy atom. The van der Waals surface area contributed by atoms with Gasteiger partial charge in [-0.2, -0.15) is 0 Å². The molecule has 1 N–H and O–H groups in total. The molecule has 1 saturated heterocycles. The zero-order chi connectivity index (χ0) is 12.1. The first-order chi connectivity index (χ1) is 8.31. The number of nitrogens with one attached hydrogen (secondary N) is 1. The molecule has 94 valence electrons. The molecule has 0 bridgehead atoms. The van der Waals surface area contributed by atoms with Crippen LogP contribution in [0.2, 0.25) is 0 Å². The fourth-order valence-corrected chi connectivity index (χ4v) is 2.52. The molecule has 0 amide bonds. The van der Waals surface area contributed by atoms with Crippen LogP contribution in [0.4, 0.5) is 5.82 Å². The largest absolute Gasteiger partial charge is 0.355 e. The van der Waals surface area contributed by atoms with Gasteiger partial charge in [0.2, 0.25) is 0 Å². The molecule has 2 rings (SSSR count). The van der Waals surface area contributed by atoms with E-state index in [1.807, 2.05) is 12.3 Å². The molecule has 0 aromatic carbocycles. The van der Waals surface area contributed by atoms with Crippen molar-refractivity contribution >= 4 is 5.82 Å². The Hall–Kier alpha value is -1.09. The van der Waals surface area contributed by atoms with Crippen molar-refractivity contribution in [1.82, 2.24) is 10.3 Å². The molecular formula is C14H23N3. The molecule has 1 atom stereocenters. The van der Waals surface area contributed by atoms with Crippen LogP contribution in [0.25, 0.3) is 0 Å². The van der Waals surface area contributed by atoms with Crippen LogP contribution in [0, 0.1) is 6.92 Å². The Balaban J connectivity index is 2.03. The number of pyridine rings is 1. The summed E-state index contributed by atoms with van der Waals surface area (Å²) in [5.41, 5.74) is 1.27. The van der Waals surface area contributed by atoms with Gasteiger partial charge < -0.3 is 10.2 Å². The molecule has 1 aromatic heterocycles. The second-order valence-corrected chi connectivity index (χ2v) is 4.83. The van der Waals surface area contributed by atoms with Gasteiger partial charge >= 0.3 is 0 Å². The summed E-state index contributed by atoms with van der Waals surface area (Å²) in [4.78, 5) is 6.90. The topological polar surface area (TPSA) is 28.2 Å². The summed E-state index contributed by atoms with van der Waals surface area (Å²) in [6.07, 6.45) is 5.86. The van der Waals surface area contributed by atoms with Gasteiger partial charge in [0.1, 0.15) is 5.82 Å². The highest BCUT2D eigenvalue weighted by atomic mass is 15.2. The van der Waals surface area contributed by atoms with E-state index in [0.29, 0.717) is 6.04 Å². The lowest BCUT2D eigenvalue weighted by molar-refractivity contribution is 0.399. The van der Waals surface area contributed by atoms with Crippen LogP contribution in [0.5, 0.6) is 0 Å². The van der Waals surface area contributed by atoms with Crippen molar-refractivity contribution in [3.8, 4) is 0 Å². The maximum absolute atomic E-state index is 4.51. The van der Waals surface area contributed by atoms with Crippen molar-refractivity contribution in [3.05, 3.63) is 23.9 Å². The van der Waals surface area contributed by atoms with Crippen molar-refractivity contribution in [1.29, 1.82) is 0 Å². The number of likely N-dealkylation sites (N-methyl/N-ethyl adjacent to an activating group) is 1. The van der Waals surface area contributed by atoms with Gasteiger partial charge in [-0.1, -0.05) is 12.5 Å². The molecule has 1 unspecified atom stereocenters. The van der Waals surface area contributed by atoms with E-state index < -0.39 is 0 Å². The van der Waals surface area contributed by atoms with E-state index in [0.717, 1.165) is 18.9 Å². The number of hydrogen-bond acceptors (Lipinski definition) is 3. The molecular weight excluding hydrogens is 210 g/mol. The van der Waals surface area contributed by atoms with Crippen LogP contribution in [-0.2, 0) is 0 Å². The van der Waals surface area contributed by atoms with E-state index in [1.165, 1.54) is 31.4 Å². The summed E-state index contributed by atoms with van der Waals surface area (Å²) in [5, 5.41) is 3.60. The van der Waals surface area contributed by atoms with Crippen LogP contribution < -0.4 is 10.2 Å². The average Bonchev–Trinajstić information content (AvgIpc) is 2.38. The molecule has 3 nitrogen and oxygen atoms in total. The number of aryl methyl sites for hydroxylation is 1. The third kappa shape index (κ3) is 3.19. The molecule has 0 radical (unpaired) electrons. The number of piperidine rings is 1. The van der Waals surface area contributed by atoms with E-state index in [9.17, 15) is 0 Å². The lowest BCUT2D eigenvalue weighted by Crippen LogP contribution is -2.44. The molecule has 1 fully saturated rings. The number of hydrogen-bond donors (Lipinski definition) is 1. The second kappa shape index (κ2) is 6.01. The number of anilines is 1. The molecule has 0 saturated carbocycles. The fourth-order valence-electron chi connectivity index (χ4n) is 2.52. The SMILES string of the molecule is CCN(CC1CCCCN1)c1ncccc1C. The Morgan fingerprint density at radius 3 is 3.00 bits per heavy atom. The van der Waals surface area contributed by atoms with Crippen molar-refractivity contribution in [2.24, 2.45) is 0 Å². The van der Waals surface area contributed by atoms with Gasteiger partial charge in [0, 0.05) is 25.3 Å². The van der Waals surface area contributed by atoms with E-state index in [-0.39, 0.29) is 0 Å².